The molecule has 2 N–H and O–H groups in total. The largest absolute Gasteiger partial charge is 0.368 e. The summed E-state index contributed by atoms with van der Waals surface area (Å²) in [6, 6.07) is 7.87. The number of rotatable bonds is 14. The van der Waals surface area contributed by atoms with Gasteiger partial charge in [-0.2, -0.15) is 0 Å². The van der Waals surface area contributed by atoms with Gasteiger partial charge in [-0.05, 0) is 134 Å². The van der Waals surface area contributed by atoms with Crippen molar-refractivity contribution in [3.63, 3.8) is 0 Å². The van der Waals surface area contributed by atoms with Crippen LogP contribution in [-0.2, 0) is 13.0 Å². The van der Waals surface area contributed by atoms with Crippen LogP contribution in [0, 0.1) is 24.7 Å². The highest BCUT2D eigenvalue weighted by atomic mass is 15.2. The lowest BCUT2D eigenvalue weighted by Gasteiger charge is -2.39. The zero-order valence-electron chi connectivity index (χ0n) is 27.9. The minimum absolute atomic E-state index is 0.287. The maximum Gasteiger partial charge on any atom is 0.0450 e. The van der Waals surface area contributed by atoms with Gasteiger partial charge in [0.15, 0.2) is 0 Å². The highest BCUT2D eigenvalue weighted by molar-refractivity contribution is 5.72. The summed E-state index contributed by atoms with van der Waals surface area (Å²) in [5.74, 6) is 2.42. The van der Waals surface area contributed by atoms with E-state index < -0.39 is 0 Å². The van der Waals surface area contributed by atoms with E-state index in [-0.39, 0.29) is 5.92 Å². The van der Waals surface area contributed by atoms with Crippen molar-refractivity contribution >= 4 is 23.9 Å². The monoisotopic (exact) mass is 579 g/mol. The Hall–Kier alpha value is -2.78. The van der Waals surface area contributed by atoms with Crippen LogP contribution in [0.2, 0.25) is 0 Å². The van der Waals surface area contributed by atoms with Gasteiger partial charge in [0, 0.05) is 41.8 Å². The second kappa shape index (κ2) is 13.5. The van der Waals surface area contributed by atoms with E-state index in [0.717, 1.165) is 56.1 Å². The van der Waals surface area contributed by atoms with Crippen molar-refractivity contribution in [3.05, 3.63) is 81.5 Å². The third-order valence-corrected chi connectivity index (χ3v) is 11.0. The highest BCUT2D eigenvalue weighted by Crippen LogP contribution is 2.47. The normalized spacial score (nSPS) is 22.9. The van der Waals surface area contributed by atoms with Crippen LogP contribution in [0.4, 0.5) is 0 Å². The van der Waals surface area contributed by atoms with Crippen molar-refractivity contribution in [3.8, 4) is 0 Å². The molecule has 4 unspecified atom stereocenters. The second-order valence-corrected chi connectivity index (χ2v) is 13.9. The lowest BCUT2D eigenvalue weighted by Crippen LogP contribution is -2.39. The number of nitrogens with two attached hydrogens (primary N) is 1. The number of hydrogen-bond donors (Lipinski definition) is 1. The average molecular weight is 580 g/mol. The van der Waals surface area contributed by atoms with Crippen molar-refractivity contribution in [1.82, 2.24) is 9.47 Å². The molecule has 2 aromatic rings. The van der Waals surface area contributed by atoms with Gasteiger partial charge in [0.2, 0.25) is 0 Å². The molecule has 2 saturated carbocycles. The lowest BCUT2D eigenvalue weighted by molar-refractivity contribution is 0.178. The molecule has 0 amide bonds. The predicted molar refractivity (Wildman–Crippen MR) is 187 cm³/mol. The molecule has 232 valence electrons. The van der Waals surface area contributed by atoms with Crippen LogP contribution < -0.4 is 16.3 Å². The summed E-state index contributed by atoms with van der Waals surface area (Å²) in [6.45, 7) is 28.4. The Morgan fingerprint density at radius 2 is 1.86 bits per heavy atom. The van der Waals surface area contributed by atoms with Crippen molar-refractivity contribution < 1.29 is 0 Å². The van der Waals surface area contributed by atoms with Crippen LogP contribution in [0.5, 0.6) is 0 Å². The first kappa shape index (κ1) is 31.6. The number of aromatic nitrogens is 1. The van der Waals surface area contributed by atoms with E-state index in [1.807, 2.05) is 0 Å². The average Bonchev–Trinajstić information content (AvgIpc) is 3.71. The lowest BCUT2D eigenvalue weighted by atomic mass is 9.75. The van der Waals surface area contributed by atoms with Gasteiger partial charge in [-0.15, -0.1) is 0 Å². The Labute approximate surface area is 261 Å². The second-order valence-electron chi connectivity index (χ2n) is 13.9. The summed E-state index contributed by atoms with van der Waals surface area (Å²) in [7, 11) is 0. The van der Waals surface area contributed by atoms with Crippen LogP contribution in [0.15, 0.2) is 43.0 Å². The molecule has 1 aromatic carbocycles. The predicted octanol–water partition coefficient (Wildman–Crippen LogP) is 7.94. The number of likely N-dealkylation sites (tertiary alicyclic amines) is 1. The molecule has 2 aliphatic carbocycles. The van der Waals surface area contributed by atoms with Gasteiger partial charge in [-0.1, -0.05) is 71.1 Å². The summed E-state index contributed by atoms with van der Waals surface area (Å²) >= 11 is 0. The zero-order valence-corrected chi connectivity index (χ0v) is 27.9. The molecular weight excluding hydrogens is 522 g/mol. The van der Waals surface area contributed by atoms with Gasteiger partial charge in [0.05, 0.1) is 0 Å². The molecule has 3 aliphatic rings. The van der Waals surface area contributed by atoms with Crippen LogP contribution in [0.3, 0.4) is 0 Å². The van der Waals surface area contributed by atoms with Crippen molar-refractivity contribution in [2.75, 3.05) is 13.1 Å². The molecule has 0 radical (unpaired) electrons. The minimum atomic E-state index is 0.287. The Balaban J connectivity index is 1.53. The molecule has 1 saturated heterocycles. The maximum atomic E-state index is 6.17. The number of allylic oxidation sites excluding steroid dienone is 3. The molecule has 3 fully saturated rings. The minimum Gasteiger partial charge on any atom is -0.368 e. The molecule has 1 aromatic heterocycles. The number of fused-ring (bicyclic) bond motifs is 1. The topological polar surface area (TPSA) is 34.2 Å². The van der Waals surface area contributed by atoms with Gasteiger partial charge in [-0.25, -0.2) is 0 Å². The number of hydrogen-bond acceptors (Lipinski definition) is 2. The van der Waals surface area contributed by atoms with Gasteiger partial charge in [0.1, 0.15) is 0 Å². The van der Waals surface area contributed by atoms with E-state index in [4.69, 9.17) is 12.3 Å². The number of aryl methyl sites for hydroxylation is 2. The molecule has 0 bridgehead atoms. The number of benzene rings is 1. The van der Waals surface area contributed by atoms with E-state index in [9.17, 15) is 0 Å². The molecule has 3 nitrogen and oxygen atoms in total. The fourth-order valence-electron chi connectivity index (χ4n) is 7.74. The Kier molecular flexibility index (Phi) is 9.91. The molecule has 4 atom stereocenters. The molecule has 3 heteroatoms. The summed E-state index contributed by atoms with van der Waals surface area (Å²) in [5, 5.41) is 2.36. The van der Waals surface area contributed by atoms with E-state index in [1.165, 1.54) is 88.5 Å². The van der Waals surface area contributed by atoms with Crippen LogP contribution in [0.1, 0.15) is 113 Å². The molecule has 5 rings (SSSR count). The van der Waals surface area contributed by atoms with E-state index in [2.05, 4.69) is 87.6 Å². The van der Waals surface area contributed by atoms with Crippen LogP contribution >= 0.6 is 0 Å². The molecule has 1 aliphatic heterocycles. The summed E-state index contributed by atoms with van der Waals surface area (Å²) in [4.78, 5) is 2.58. The number of unbranched alkanes of at least 4 members (excludes halogenated alkanes) is 1. The summed E-state index contributed by atoms with van der Waals surface area (Å²) in [5.41, 5.74) is 16.9. The van der Waals surface area contributed by atoms with Crippen LogP contribution in [0.25, 0.3) is 23.9 Å². The van der Waals surface area contributed by atoms with Gasteiger partial charge >= 0.3 is 0 Å². The van der Waals surface area contributed by atoms with Crippen molar-refractivity contribution in [2.45, 2.75) is 111 Å². The smallest absolute Gasteiger partial charge is 0.0450 e. The van der Waals surface area contributed by atoms with E-state index in [1.54, 1.807) is 0 Å². The first-order chi connectivity index (χ1) is 20.7. The molecule has 0 spiro atoms. The highest BCUT2D eigenvalue weighted by Gasteiger charge is 2.47. The SMILES string of the molecule is C=C(c1c/c(=C/C=C(\C)CC)c(=C)n1CC1CC1)C(CCCC)c1c(C)cc(C(=C)N2CC(CN)C3CCC32)cc1CC. The number of nitrogens with zero attached hydrogens (tertiary/aromatic N) is 2. The molecule has 2 heterocycles. The summed E-state index contributed by atoms with van der Waals surface area (Å²) < 4.78 is 2.49. The van der Waals surface area contributed by atoms with Crippen molar-refractivity contribution in [2.24, 2.45) is 23.5 Å². The standard InChI is InChI=1S/C40H57N3/c1-9-12-13-36(28(6)39-22-33(17-14-26(4)10-2)29(7)42(39)24-31-15-16-31)40-27(5)20-34(21-32(40)11-3)30(8)43-25-35(23-41)37-18-19-38(37)43/h14,17,20-22,31,35-38H,6-13,15-16,18-19,23-25,41H2,1-5H3/b26-14+,33-17-. The van der Waals surface area contributed by atoms with E-state index in [0.29, 0.717) is 12.0 Å². The fraction of sp³-hybridized carbons (Fsp3) is 0.550. The summed E-state index contributed by atoms with van der Waals surface area (Å²) in [6.07, 6.45) is 15.3. The molecule has 43 heavy (non-hydrogen) atoms. The van der Waals surface area contributed by atoms with Crippen LogP contribution in [-0.4, -0.2) is 28.6 Å². The van der Waals surface area contributed by atoms with Crippen molar-refractivity contribution in [1.29, 1.82) is 0 Å². The Morgan fingerprint density at radius 3 is 2.44 bits per heavy atom. The Bertz CT molecular complexity index is 1480. The molecular formula is C40H57N3. The third kappa shape index (κ3) is 6.39. The first-order valence-electron chi connectivity index (χ1n) is 17.3. The zero-order chi connectivity index (χ0) is 30.8. The van der Waals surface area contributed by atoms with Gasteiger partial charge < -0.3 is 15.2 Å². The van der Waals surface area contributed by atoms with E-state index >= 15 is 0 Å². The quantitative estimate of drug-likeness (QED) is 0.246. The maximum absolute atomic E-state index is 6.17. The van der Waals surface area contributed by atoms with Gasteiger partial charge in [0.25, 0.3) is 0 Å². The first-order valence-corrected chi connectivity index (χ1v) is 17.3. The fourth-order valence-corrected chi connectivity index (χ4v) is 7.74. The van der Waals surface area contributed by atoms with Gasteiger partial charge in [-0.3, -0.25) is 0 Å². The Morgan fingerprint density at radius 1 is 1.09 bits per heavy atom. The third-order valence-electron chi connectivity index (χ3n) is 11.0.